The molecule has 1 heterocycles. The van der Waals surface area contributed by atoms with Crippen molar-refractivity contribution in [3.05, 3.63) is 52.2 Å². The van der Waals surface area contributed by atoms with Crippen LogP contribution in [0.5, 0.6) is 5.75 Å². The maximum Gasteiger partial charge on any atom is 0.337 e. The second-order valence-electron chi connectivity index (χ2n) is 4.54. The van der Waals surface area contributed by atoms with E-state index in [0.29, 0.717) is 5.75 Å². The molecule has 4 heteroatoms. The molecule has 1 aromatic carbocycles. The molecular weight excluding hydrogens is 272 g/mol. The number of carboxylic acid groups (broad SMARTS) is 1. The highest BCUT2D eigenvalue weighted by Crippen LogP contribution is 2.27. The monoisotopic (exact) mass is 288 g/mol. The van der Waals surface area contributed by atoms with Gasteiger partial charge in [0.1, 0.15) is 5.75 Å². The molecular formula is C16H16O3S. The van der Waals surface area contributed by atoms with Gasteiger partial charge in [-0.1, -0.05) is 24.3 Å². The standard InChI is InChI=1S/C16H16O3S/c1-11(2)19-14-7-4-3-6-12(14)10-13(16(17)18)15-8-5-9-20-15/h3-11H,1-2H3,(H,17,18)/b13-10-. The maximum atomic E-state index is 11.4. The maximum absolute atomic E-state index is 11.4. The Kier molecular flexibility index (Phi) is 4.58. The van der Waals surface area contributed by atoms with Crippen molar-refractivity contribution in [3.8, 4) is 5.75 Å². The molecule has 0 aliphatic heterocycles. The van der Waals surface area contributed by atoms with Crippen molar-refractivity contribution in [2.45, 2.75) is 20.0 Å². The molecule has 2 aromatic rings. The van der Waals surface area contributed by atoms with E-state index in [1.165, 1.54) is 11.3 Å². The number of aliphatic carboxylic acids is 1. The zero-order valence-electron chi connectivity index (χ0n) is 11.4. The van der Waals surface area contributed by atoms with Crippen LogP contribution in [-0.4, -0.2) is 17.2 Å². The van der Waals surface area contributed by atoms with Crippen LogP contribution in [0.2, 0.25) is 0 Å². The SMILES string of the molecule is CC(C)Oc1ccccc1/C=C(\C(=O)O)c1cccs1. The van der Waals surface area contributed by atoms with Crippen LogP contribution in [0.4, 0.5) is 0 Å². The summed E-state index contributed by atoms with van der Waals surface area (Å²) < 4.78 is 5.71. The lowest BCUT2D eigenvalue weighted by Gasteiger charge is -2.12. The second-order valence-corrected chi connectivity index (χ2v) is 5.49. The molecule has 0 fully saturated rings. The molecule has 2 rings (SSSR count). The fourth-order valence-corrected chi connectivity index (χ4v) is 2.52. The van der Waals surface area contributed by atoms with Crippen molar-refractivity contribution in [1.82, 2.24) is 0 Å². The van der Waals surface area contributed by atoms with Crippen molar-refractivity contribution in [2.24, 2.45) is 0 Å². The first-order valence-electron chi connectivity index (χ1n) is 6.32. The van der Waals surface area contributed by atoms with Crippen LogP contribution in [0.3, 0.4) is 0 Å². The van der Waals surface area contributed by atoms with E-state index in [0.717, 1.165) is 10.4 Å². The average Bonchev–Trinajstić information content (AvgIpc) is 2.90. The molecule has 0 atom stereocenters. The van der Waals surface area contributed by atoms with Crippen molar-refractivity contribution >= 4 is 29.0 Å². The minimum atomic E-state index is -0.938. The summed E-state index contributed by atoms with van der Waals surface area (Å²) in [6, 6.07) is 11.1. The van der Waals surface area contributed by atoms with E-state index in [9.17, 15) is 9.90 Å². The summed E-state index contributed by atoms with van der Waals surface area (Å²) in [6.45, 7) is 3.88. The van der Waals surface area contributed by atoms with E-state index in [-0.39, 0.29) is 11.7 Å². The Morgan fingerprint density at radius 3 is 2.60 bits per heavy atom. The lowest BCUT2D eigenvalue weighted by atomic mass is 10.1. The van der Waals surface area contributed by atoms with E-state index in [1.54, 1.807) is 12.1 Å². The summed E-state index contributed by atoms with van der Waals surface area (Å²) in [5.41, 5.74) is 1.05. The van der Waals surface area contributed by atoms with Gasteiger partial charge < -0.3 is 9.84 Å². The molecule has 0 aliphatic carbocycles. The van der Waals surface area contributed by atoms with Crippen LogP contribution >= 0.6 is 11.3 Å². The average molecular weight is 288 g/mol. The third kappa shape index (κ3) is 3.48. The van der Waals surface area contributed by atoms with E-state index in [1.807, 2.05) is 49.6 Å². The number of hydrogen-bond donors (Lipinski definition) is 1. The minimum absolute atomic E-state index is 0.0413. The second kappa shape index (κ2) is 6.39. The lowest BCUT2D eigenvalue weighted by Crippen LogP contribution is -2.06. The van der Waals surface area contributed by atoms with Crippen LogP contribution < -0.4 is 4.74 Å². The van der Waals surface area contributed by atoms with Gasteiger partial charge >= 0.3 is 5.97 Å². The van der Waals surface area contributed by atoms with Gasteiger partial charge in [0.15, 0.2) is 0 Å². The topological polar surface area (TPSA) is 46.5 Å². The molecule has 0 radical (unpaired) electrons. The number of benzene rings is 1. The minimum Gasteiger partial charge on any atom is -0.490 e. The van der Waals surface area contributed by atoms with Gasteiger partial charge in [-0.25, -0.2) is 4.79 Å². The largest absolute Gasteiger partial charge is 0.490 e. The Hall–Kier alpha value is -2.07. The first-order valence-corrected chi connectivity index (χ1v) is 7.20. The lowest BCUT2D eigenvalue weighted by molar-refractivity contribution is -0.130. The molecule has 0 bridgehead atoms. The van der Waals surface area contributed by atoms with E-state index >= 15 is 0 Å². The Morgan fingerprint density at radius 1 is 1.25 bits per heavy atom. The van der Waals surface area contributed by atoms with Gasteiger partial charge in [-0.2, -0.15) is 0 Å². The Balaban J connectivity index is 2.44. The summed E-state index contributed by atoms with van der Waals surface area (Å²) in [7, 11) is 0. The van der Waals surface area contributed by atoms with E-state index in [2.05, 4.69) is 0 Å². The van der Waals surface area contributed by atoms with Crippen LogP contribution in [0.25, 0.3) is 11.6 Å². The molecule has 0 saturated heterocycles. The van der Waals surface area contributed by atoms with Crippen molar-refractivity contribution < 1.29 is 14.6 Å². The summed E-state index contributed by atoms with van der Waals surface area (Å²) in [4.78, 5) is 12.2. The molecule has 3 nitrogen and oxygen atoms in total. The number of rotatable bonds is 5. The molecule has 0 spiro atoms. The van der Waals surface area contributed by atoms with Gasteiger partial charge in [0.25, 0.3) is 0 Å². The molecule has 0 aliphatic rings. The van der Waals surface area contributed by atoms with Crippen LogP contribution in [0.1, 0.15) is 24.3 Å². The summed E-state index contributed by atoms with van der Waals surface area (Å²) in [5.74, 6) is -0.246. The number of thiophene rings is 1. The van der Waals surface area contributed by atoms with Crippen molar-refractivity contribution in [3.63, 3.8) is 0 Å². The summed E-state index contributed by atoms with van der Waals surface area (Å²) in [5, 5.41) is 11.2. The van der Waals surface area contributed by atoms with Gasteiger partial charge in [0.05, 0.1) is 11.7 Å². The highest BCUT2D eigenvalue weighted by Gasteiger charge is 2.13. The predicted octanol–water partition coefficient (Wildman–Crippen LogP) is 4.16. The quantitative estimate of drug-likeness (QED) is 0.840. The zero-order chi connectivity index (χ0) is 14.5. The molecule has 1 aromatic heterocycles. The predicted molar refractivity (Wildman–Crippen MR) is 82.0 cm³/mol. The first kappa shape index (κ1) is 14.3. The van der Waals surface area contributed by atoms with Crippen molar-refractivity contribution in [1.29, 1.82) is 0 Å². The molecule has 0 amide bonds. The first-order chi connectivity index (χ1) is 9.58. The third-order valence-corrected chi connectivity index (χ3v) is 3.50. The molecule has 104 valence electrons. The van der Waals surface area contributed by atoms with E-state index < -0.39 is 5.97 Å². The zero-order valence-corrected chi connectivity index (χ0v) is 12.2. The van der Waals surface area contributed by atoms with Gasteiger partial charge in [-0.15, -0.1) is 11.3 Å². The smallest absolute Gasteiger partial charge is 0.337 e. The normalized spacial score (nSPS) is 11.7. The van der Waals surface area contributed by atoms with Gasteiger partial charge in [-0.3, -0.25) is 0 Å². The number of ether oxygens (including phenoxy) is 1. The van der Waals surface area contributed by atoms with Gasteiger partial charge in [-0.05, 0) is 37.4 Å². The van der Waals surface area contributed by atoms with Gasteiger partial charge in [0.2, 0.25) is 0 Å². The number of hydrogen-bond acceptors (Lipinski definition) is 3. The fraction of sp³-hybridized carbons (Fsp3) is 0.188. The van der Waals surface area contributed by atoms with Crippen LogP contribution in [-0.2, 0) is 4.79 Å². The molecule has 0 saturated carbocycles. The fourth-order valence-electron chi connectivity index (χ4n) is 1.79. The Morgan fingerprint density at radius 2 is 2.00 bits per heavy atom. The molecule has 20 heavy (non-hydrogen) atoms. The highest BCUT2D eigenvalue weighted by atomic mass is 32.1. The van der Waals surface area contributed by atoms with Crippen molar-refractivity contribution in [2.75, 3.05) is 0 Å². The van der Waals surface area contributed by atoms with E-state index in [4.69, 9.17) is 4.74 Å². The molecule has 0 unspecified atom stereocenters. The van der Waals surface area contributed by atoms with Gasteiger partial charge in [0, 0.05) is 10.4 Å². The Bertz CT molecular complexity index is 612. The number of para-hydroxylation sites is 1. The number of carboxylic acids is 1. The third-order valence-electron chi connectivity index (χ3n) is 2.60. The number of carbonyl (C=O) groups is 1. The summed E-state index contributed by atoms with van der Waals surface area (Å²) in [6.07, 6.45) is 1.70. The summed E-state index contributed by atoms with van der Waals surface area (Å²) >= 11 is 1.41. The molecule has 1 N–H and O–H groups in total. The highest BCUT2D eigenvalue weighted by molar-refractivity contribution is 7.11. The van der Waals surface area contributed by atoms with Crippen LogP contribution in [0, 0.1) is 0 Å². The Labute approximate surface area is 122 Å². The van der Waals surface area contributed by atoms with Crippen LogP contribution in [0.15, 0.2) is 41.8 Å².